The molecule has 2 aromatic carbocycles. The fourth-order valence-corrected chi connectivity index (χ4v) is 4.75. The van der Waals surface area contributed by atoms with E-state index in [-0.39, 0.29) is 12.3 Å². The van der Waals surface area contributed by atoms with E-state index in [9.17, 15) is 13.2 Å². The van der Waals surface area contributed by atoms with E-state index in [0.717, 1.165) is 32.6 Å². The number of benzene rings is 2. The van der Waals surface area contributed by atoms with Crippen molar-refractivity contribution in [3.8, 4) is 17.6 Å². The van der Waals surface area contributed by atoms with Gasteiger partial charge in [0.1, 0.15) is 29.8 Å². The fourth-order valence-electron chi connectivity index (χ4n) is 3.73. The average molecular weight is 599 g/mol. The van der Waals surface area contributed by atoms with Gasteiger partial charge in [0, 0.05) is 35.1 Å². The second-order valence-electron chi connectivity index (χ2n) is 8.34. The number of hydrogen-bond acceptors (Lipinski definition) is 9. The number of ether oxygens (including phenoxy) is 1. The van der Waals surface area contributed by atoms with Crippen molar-refractivity contribution in [1.82, 2.24) is 19.9 Å². The molecule has 0 unspecified atom stereocenters. The van der Waals surface area contributed by atoms with Gasteiger partial charge in [-0.1, -0.05) is 17.7 Å². The number of nitrogens with one attached hydrogen (secondary N) is 2. The van der Waals surface area contributed by atoms with Crippen LogP contribution in [0.5, 0.6) is 11.5 Å². The number of thiophene rings is 1. The minimum Gasteiger partial charge on any atom is -0.455 e. The molecule has 3 aromatic heterocycles. The quantitative estimate of drug-likeness (QED) is 0.199. The van der Waals surface area contributed by atoms with Crippen LogP contribution in [0.25, 0.3) is 21.1 Å². The Labute approximate surface area is 238 Å². The van der Waals surface area contributed by atoms with Crippen LogP contribution in [-0.4, -0.2) is 46.2 Å². The van der Waals surface area contributed by atoms with Gasteiger partial charge in [-0.2, -0.15) is 13.7 Å². The molecule has 40 heavy (non-hydrogen) atoms. The summed E-state index contributed by atoms with van der Waals surface area (Å²) in [6, 6.07) is 17.2. The third-order valence-electron chi connectivity index (χ3n) is 5.33. The molecule has 3 heterocycles. The molecule has 14 heteroatoms. The molecule has 1 amide bonds. The number of aromatic nitrogens is 3. The van der Waals surface area contributed by atoms with Crippen LogP contribution in [0.2, 0.25) is 5.02 Å². The number of halogens is 1. The van der Waals surface area contributed by atoms with Crippen molar-refractivity contribution in [3.63, 3.8) is 0 Å². The minimum absolute atomic E-state index is 0.161. The van der Waals surface area contributed by atoms with E-state index < -0.39 is 10.1 Å². The Hall–Kier alpha value is -4.22. The van der Waals surface area contributed by atoms with Crippen LogP contribution in [0, 0.1) is 11.3 Å². The van der Waals surface area contributed by atoms with E-state index in [1.54, 1.807) is 17.4 Å². The highest BCUT2D eigenvalue weighted by Gasteiger charge is 2.12. The zero-order chi connectivity index (χ0) is 28.7. The summed E-state index contributed by atoms with van der Waals surface area (Å²) < 4.78 is 35.1. The van der Waals surface area contributed by atoms with Gasteiger partial charge in [0.05, 0.1) is 22.9 Å². The molecule has 206 valence electrons. The molecular weight excluding hydrogens is 576 g/mol. The van der Waals surface area contributed by atoms with Crippen LogP contribution in [-0.2, 0) is 21.5 Å². The lowest BCUT2D eigenvalue weighted by atomic mass is 10.2. The van der Waals surface area contributed by atoms with Gasteiger partial charge in [0.2, 0.25) is 5.91 Å². The van der Waals surface area contributed by atoms with Crippen LogP contribution in [0.4, 0.5) is 11.5 Å². The number of hydrogen-bond donors (Lipinski definition) is 3. The van der Waals surface area contributed by atoms with Gasteiger partial charge in [-0.05, 0) is 47.8 Å². The highest BCUT2D eigenvalue weighted by molar-refractivity contribution is 7.85. The van der Waals surface area contributed by atoms with Crippen molar-refractivity contribution in [2.24, 2.45) is 0 Å². The van der Waals surface area contributed by atoms with Gasteiger partial charge in [-0.15, -0.1) is 11.3 Å². The molecule has 0 aliphatic carbocycles. The van der Waals surface area contributed by atoms with Gasteiger partial charge in [0.25, 0.3) is 10.1 Å². The first kappa shape index (κ1) is 28.8. The Morgan fingerprint density at radius 1 is 1.20 bits per heavy atom. The fraction of sp³-hybridized carbons (Fsp3) is 0.154. The van der Waals surface area contributed by atoms with Crippen molar-refractivity contribution in [2.75, 3.05) is 18.1 Å². The van der Waals surface area contributed by atoms with Gasteiger partial charge >= 0.3 is 0 Å². The summed E-state index contributed by atoms with van der Waals surface area (Å²) in [5.41, 5.74) is 2.30. The molecule has 0 saturated carbocycles. The molecule has 0 saturated heterocycles. The highest BCUT2D eigenvalue weighted by atomic mass is 35.5. The molecule has 5 rings (SSSR count). The predicted octanol–water partition coefficient (Wildman–Crippen LogP) is 5.37. The summed E-state index contributed by atoms with van der Waals surface area (Å²) in [6.45, 7) is 0.887. The summed E-state index contributed by atoms with van der Waals surface area (Å²) in [7, 11) is -3.67. The van der Waals surface area contributed by atoms with E-state index in [1.165, 1.54) is 6.33 Å². The first-order chi connectivity index (χ1) is 19.1. The average Bonchev–Trinajstić information content (AvgIpc) is 3.53. The van der Waals surface area contributed by atoms with E-state index in [4.69, 9.17) is 26.2 Å². The van der Waals surface area contributed by atoms with E-state index in [2.05, 4.69) is 26.7 Å². The number of rotatable bonds is 8. The Bertz CT molecular complexity index is 1810. The number of carbonyl (C=O) groups excluding carboxylic acids is 1. The lowest BCUT2D eigenvalue weighted by Gasteiger charge is -2.13. The Kier molecular flexibility index (Phi) is 9.18. The molecule has 0 aliphatic rings. The van der Waals surface area contributed by atoms with Gasteiger partial charge < -0.3 is 19.9 Å². The number of nitriles is 1. The maximum Gasteiger partial charge on any atom is 0.261 e. The van der Waals surface area contributed by atoms with Crippen molar-refractivity contribution in [3.05, 3.63) is 71.5 Å². The van der Waals surface area contributed by atoms with E-state index in [1.807, 2.05) is 58.6 Å². The Morgan fingerprint density at radius 2 is 2.00 bits per heavy atom. The van der Waals surface area contributed by atoms with Crippen LogP contribution in [0.1, 0.15) is 6.42 Å². The normalized spacial score (nSPS) is 10.9. The zero-order valence-corrected chi connectivity index (χ0v) is 23.4. The standard InChI is InChI=1S/C25H19ClN6O2S.CH4O3S/c26-18-14-16(4-5-21(18)34-20-2-1-3-22-17(20)8-13-35-22)31-25-24-19(29-15-30-25)7-11-32(24)12-10-28-23(33)6-9-27;1-5(2,3)4/h1-5,7-8,11,13-15H,6,10,12H2,(H,28,33)(H,29,30,31);1H3,(H,2,3,4). The summed E-state index contributed by atoms with van der Waals surface area (Å²) in [6.07, 6.45) is 3.93. The van der Waals surface area contributed by atoms with Crippen LogP contribution in [0.15, 0.2) is 66.4 Å². The first-order valence-corrected chi connectivity index (χ1v) is 14.8. The molecule has 0 fully saturated rings. The molecule has 0 aliphatic heterocycles. The van der Waals surface area contributed by atoms with Gasteiger partial charge in [0.15, 0.2) is 5.82 Å². The second kappa shape index (κ2) is 12.8. The minimum atomic E-state index is -3.67. The Balaban J connectivity index is 0.000000681. The van der Waals surface area contributed by atoms with Crippen molar-refractivity contribution >= 4 is 71.6 Å². The third-order valence-corrected chi connectivity index (χ3v) is 6.51. The van der Waals surface area contributed by atoms with Crippen molar-refractivity contribution in [2.45, 2.75) is 13.0 Å². The predicted molar refractivity (Wildman–Crippen MR) is 155 cm³/mol. The van der Waals surface area contributed by atoms with Crippen LogP contribution < -0.4 is 15.4 Å². The molecule has 0 atom stereocenters. The summed E-state index contributed by atoms with van der Waals surface area (Å²) in [5, 5.41) is 18.2. The molecule has 11 nitrogen and oxygen atoms in total. The Morgan fingerprint density at radius 3 is 2.75 bits per heavy atom. The maximum atomic E-state index is 11.6. The van der Waals surface area contributed by atoms with Crippen molar-refractivity contribution < 1.29 is 22.5 Å². The largest absolute Gasteiger partial charge is 0.455 e. The molecule has 5 aromatic rings. The summed E-state index contributed by atoms with van der Waals surface area (Å²) >= 11 is 8.22. The van der Waals surface area contributed by atoms with E-state index >= 15 is 0 Å². The maximum absolute atomic E-state index is 11.6. The second-order valence-corrected chi connectivity index (χ2v) is 11.2. The van der Waals surface area contributed by atoms with Gasteiger partial charge in [-0.3, -0.25) is 9.35 Å². The van der Waals surface area contributed by atoms with Crippen molar-refractivity contribution in [1.29, 1.82) is 5.26 Å². The molecule has 0 bridgehead atoms. The molecule has 3 N–H and O–H groups in total. The number of nitrogens with zero attached hydrogens (tertiary/aromatic N) is 4. The first-order valence-electron chi connectivity index (χ1n) is 11.7. The van der Waals surface area contributed by atoms with E-state index in [0.29, 0.717) is 35.9 Å². The summed E-state index contributed by atoms with van der Waals surface area (Å²) in [5.74, 6) is 1.62. The summed E-state index contributed by atoms with van der Waals surface area (Å²) in [4.78, 5) is 20.3. The topological polar surface area (TPSA) is 159 Å². The lowest BCUT2D eigenvalue weighted by molar-refractivity contribution is -0.120. The van der Waals surface area contributed by atoms with Gasteiger partial charge in [-0.25, -0.2) is 9.97 Å². The molecular formula is C26H23ClN6O5S2. The smallest absolute Gasteiger partial charge is 0.261 e. The zero-order valence-electron chi connectivity index (χ0n) is 21.0. The number of fused-ring (bicyclic) bond motifs is 2. The SMILES string of the molecule is CS(=O)(=O)O.N#CCC(=O)NCCn1ccc2ncnc(Nc3ccc(Oc4cccc5sccc45)c(Cl)c3)c21. The monoisotopic (exact) mass is 598 g/mol. The number of carbonyl (C=O) groups is 1. The number of amides is 1. The molecule has 0 spiro atoms. The van der Waals surface area contributed by atoms with Crippen LogP contribution >= 0.6 is 22.9 Å². The lowest BCUT2D eigenvalue weighted by Crippen LogP contribution is -2.26. The third kappa shape index (κ3) is 7.67. The van der Waals surface area contributed by atoms with Crippen LogP contribution in [0.3, 0.4) is 0 Å². The number of anilines is 2. The molecule has 0 radical (unpaired) electrons. The highest BCUT2D eigenvalue weighted by Crippen LogP contribution is 2.37.